The van der Waals surface area contributed by atoms with E-state index < -0.39 is 35.2 Å². The van der Waals surface area contributed by atoms with Crippen molar-refractivity contribution < 1.29 is 24.0 Å². The first kappa shape index (κ1) is 16.4. The van der Waals surface area contributed by atoms with E-state index in [4.69, 9.17) is 0 Å². The number of methoxy groups -OCH3 is 2. The largest absolute Gasteiger partial charge is 0.468 e. The molecule has 0 aromatic rings. The van der Waals surface area contributed by atoms with Gasteiger partial charge in [0.25, 0.3) is 0 Å². The van der Waals surface area contributed by atoms with Crippen LogP contribution in [-0.2, 0) is 19.1 Å². The van der Waals surface area contributed by atoms with Crippen LogP contribution in [0.2, 0.25) is 0 Å². The van der Waals surface area contributed by atoms with Crippen molar-refractivity contribution in [3.63, 3.8) is 0 Å². The first-order valence-electron chi connectivity index (χ1n) is 6.78. The summed E-state index contributed by atoms with van der Waals surface area (Å²) in [5.41, 5.74) is 0. The van der Waals surface area contributed by atoms with Crippen LogP contribution in [0.3, 0.4) is 0 Å². The minimum absolute atomic E-state index is 0.0163. The number of carbonyl (C=O) groups is 2. The summed E-state index contributed by atoms with van der Waals surface area (Å²) < 4.78 is 9.25. The zero-order chi connectivity index (χ0) is 15.1. The van der Waals surface area contributed by atoms with Gasteiger partial charge in [-0.05, 0) is 18.8 Å². The molecule has 0 aromatic carbocycles. The molecule has 114 valence electrons. The maximum Gasteiger partial charge on any atom is 0.320 e. The highest BCUT2D eigenvalue weighted by Crippen LogP contribution is 2.35. The van der Waals surface area contributed by atoms with Crippen molar-refractivity contribution >= 4 is 11.9 Å². The molecule has 1 saturated carbocycles. The molecule has 0 aliphatic heterocycles. The molecule has 1 aliphatic carbocycles. The summed E-state index contributed by atoms with van der Waals surface area (Å²) in [7, 11) is 2.34. The highest BCUT2D eigenvalue weighted by atomic mass is 16.6. The Morgan fingerprint density at radius 2 is 1.65 bits per heavy atom. The van der Waals surface area contributed by atoms with Gasteiger partial charge in [0.05, 0.1) is 20.1 Å². The predicted octanol–water partition coefficient (Wildman–Crippen LogP) is 1.42. The van der Waals surface area contributed by atoms with Crippen LogP contribution in [0.1, 0.15) is 32.1 Å². The van der Waals surface area contributed by atoms with E-state index >= 15 is 0 Å². The van der Waals surface area contributed by atoms with Gasteiger partial charge < -0.3 is 9.47 Å². The molecule has 1 fully saturated rings. The summed E-state index contributed by atoms with van der Waals surface area (Å²) in [4.78, 5) is 34.1. The van der Waals surface area contributed by atoms with E-state index in [-0.39, 0.29) is 5.92 Å². The van der Waals surface area contributed by atoms with Crippen molar-refractivity contribution in [2.24, 2.45) is 17.8 Å². The number of hydrogen-bond acceptors (Lipinski definition) is 6. The molecule has 0 heterocycles. The van der Waals surface area contributed by atoms with E-state index in [0.29, 0.717) is 0 Å². The van der Waals surface area contributed by atoms with Gasteiger partial charge in [0.1, 0.15) is 0 Å². The standard InChI is InChI=1S/C13H21NO6/c1-19-12(15)11(13(16)20-2)10(8-14(17)18)9-6-4-3-5-7-9/h9-11H,3-8H2,1-2H3. The first-order chi connectivity index (χ1) is 9.51. The maximum atomic E-state index is 11.8. The van der Waals surface area contributed by atoms with Crippen LogP contribution in [0.5, 0.6) is 0 Å². The molecular weight excluding hydrogens is 266 g/mol. The molecule has 0 N–H and O–H groups in total. The second kappa shape index (κ2) is 7.81. The molecule has 0 saturated heterocycles. The monoisotopic (exact) mass is 287 g/mol. The topological polar surface area (TPSA) is 95.7 Å². The summed E-state index contributed by atoms with van der Waals surface area (Å²) >= 11 is 0. The third-order valence-electron chi connectivity index (χ3n) is 3.95. The van der Waals surface area contributed by atoms with Gasteiger partial charge in [0.2, 0.25) is 6.54 Å². The van der Waals surface area contributed by atoms with Gasteiger partial charge in [0.15, 0.2) is 5.92 Å². The van der Waals surface area contributed by atoms with Crippen molar-refractivity contribution in [3.8, 4) is 0 Å². The Morgan fingerprint density at radius 1 is 1.15 bits per heavy atom. The average molecular weight is 287 g/mol. The molecule has 1 atom stereocenters. The van der Waals surface area contributed by atoms with Gasteiger partial charge in [-0.15, -0.1) is 0 Å². The molecule has 7 nitrogen and oxygen atoms in total. The third-order valence-corrected chi connectivity index (χ3v) is 3.95. The lowest BCUT2D eigenvalue weighted by Gasteiger charge is -2.30. The van der Waals surface area contributed by atoms with Crippen LogP contribution >= 0.6 is 0 Å². The van der Waals surface area contributed by atoms with Crippen LogP contribution in [-0.4, -0.2) is 37.6 Å². The van der Waals surface area contributed by atoms with Gasteiger partial charge in [-0.1, -0.05) is 19.3 Å². The number of hydrogen-bond donors (Lipinski definition) is 0. The third kappa shape index (κ3) is 4.18. The number of esters is 2. The van der Waals surface area contributed by atoms with Crippen LogP contribution in [0.25, 0.3) is 0 Å². The average Bonchev–Trinajstić information content (AvgIpc) is 2.46. The minimum Gasteiger partial charge on any atom is -0.468 e. The van der Waals surface area contributed by atoms with Crippen molar-refractivity contribution in [2.45, 2.75) is 32.1 Å². The first-order valence-corrected chi connectivity index (χ1v) is 6.78. The molecule has 0 bridgehead atoms. The maximum absolute atomic E-state index is 11.8. The Kier molecular flexibility index (Phi) is 6.41. The normalized spacial score (nSPS) is 17.6. The van der Waals surface area contributed by atoms with E-state index in [0.717, 1.165) is 32.1 Å². The zero-order valence-electron chi connectivity index (χ0n) is 11.9. The fourth-order valence-electron chi connectivity index (χ4n) is 2.96. The molecule has 7 heteroatoms. The Labute approximate surface area is 117 Å². The highest BCUT2D eigenvalue weighted by molar-refractivity contribution is 5.95. The molecule has 1 aliphatic rings. The van der Waals surface area contributed by atoms with E-state index in [1.54, 1.807) is 0 Å². The smallest absolute Gasteiger partial charge is 0.320 e. The van der Waals surface area contributed by atoms with E-state index in [1.807, 2.05) is 0 Å². The highest BCUT2D eigenvalue weighted by Gasteiger charge is 2.44. The van der Waals surface area contributed by atoms with Crippen LogP contribution < -0.4 is 0 Å². The van der Waals surface area contributed by atoms with E-state index in [2.05, 4.69) is 9.47 Å². The number of nitro groups is 1. The number of ether oxygens (including phenoxy) is 2. The Hall–Kier alpha value is -1.66. The molecule has 0 radical (unpaired) electrons. The number of carbonyl (C=O) groups excluding carboxylic acids is 2. The van der Waals surface area contributed by atoms with Gasteiger partial charge in [0, 0.05) is 4.92 Å². The Balaban J connectivity index is 2.99. The van der Waals surface area contributed by atoms with Crippen molar-refractivity contribution in [3.05, 3.63) is 10.1 Å². The Morgan fingerprint density at radius 3 is 2.05 bits per heavy atom. The zero-order valence-corrected chi connectivity index (χ0v) is 11.9. The number of rotatable bonds is 6. The van der Waals surface area contributed by atoms with Crippen LogP contribution in [0.4, 0.5) is 0 Å². The fourth-order valence-corrected chi connectivity index (χ4v) is 2.96. The van der Waals surface area contributed by atoms with Gasteiger partial charge in [-0.25, -0.2) is 0 Å². The molecule has 1 rings (SSSR count). The summed E-state index contributed by atoms with van der Waals surface area (Å²) in [5.74, 6) is -3.40. The molecule has 0 spiro atoms. The van der Waals surface area contributed by atoms with E-state index in [1.165, 1.54) is 14.2 Å². The fraction of sp³-hybridized carbons (Fsp3) is 0.846. The quantitative estimate of drug-likeness (QED) is 0.317. The molecular formula is C13H21NO6. The SMILES string of the molecule is COC(=O)C(C(=O)OC)C(C[N+](=O)[O-])C1CCCCC1. The van der Waals surface area contributed by atoms with Gasteiger partial charge in [-0.2, -0.15) is 0 Å². The lowest BCUT2D eigenvalue weighted by molar-refractivity contribution is -0.491. The second-order valence-electron chi connectivity index (χ2n) is 5.10. The summed E-state index contributed by atoms with van der Waals surface area (Å²) in [5, 5.41) is 10.9. The molecule has 0 aromatic heterocycles. The second-order valence-corrected chi connectivity index (χ2v) is 5.10. The summed E-state index contributed by atoms with van der Waals surface area (Å²) in [6, 6.07) is 0. The van der Waals surface area contributed by atoms with Crippen molar-refractivity contribution in [1.29, 1.82) is 0 Å². The molecule has 0 amide bonds. The lowest BCUT2D eigenvalue weighted by Crippen LogP contribution is -2.41. The van der Waals surface area contributed by atoms with Crippen LogP contribution in [0, 0.1) is 27.9 Å². The van der Waals surface area contributed by atoms with Crippen molar-refractivity contribution in [1.82, 2.24) is 0 Å². The molecule has 1 unspecified atom stereocenters. The molecule has 20 heavy (non-hydrogen) atoms. The minimum atomic E-state index is -1.21. The van der Waals surface area contributed by atoms with Crippen molar-refractivity contribution in [2.75, 3.05) is 20.8 Å². The van der Waals surface area contributed by atoms with E-state index in [9.17, 15) is 19.7 Å². The lowest BCUT2D eigenvalue weighted by atomic mass is 9.74. The Bertz CT molecular complexity index is 348. The number of nitrogens with zero attached hydrogens (tertiary/aromatic N) is 1. The van der Waals surface area contributed by atoms with Gasteiger partial charge >= 0.3 is 11.9 Å². The van der Waals surface area contributed by atoms with Crippen LogP contribution in [0.15, 0.2) is 0 Å². The predicted molar refractivity (Wildman–Crippen MR) is 69.4 cm³/mol. The summed E-state index contributed by atoms with van der Waals surface area (Å²) in [6.07, 6.45) is 4.61. The summed E-state index contributed by atoms with van der Waals surface area (Å²) in [6.45, 7) is -0.417. The van der Waals surface area contributed by atoms with Gasteiger partial charge in [-0.3, -0.25) is 19.7 Å².